The van der Waals surface area contributed by atoms with E-state index in [1.54, 1.807) is 4.90 Å². The van der Waals surface area contributed by atoms with Crippen LogP contribution in [0, 0.1) is 5.41 Å². The number of nitrogens with zero attached hydrogens (tertiary/aromatic N) is 1. The molecule has 1 spiro atoms. The van der Waals surface area contributed by atoms with Crippen LogP contribution >= 0.6 is 0 Å². The molecule has 96 valence electrons. The van der Waals surface area contributed by atoms with Crippen molar-refractivity contribution < 1.29 is 9.90 Å². The highest BCUT2D eigenvalue weighted by Gasteiger charge is 2.61. The van der Waals surface area contributed by atoms with Gasteiger partial charge in [-0.1, -0.05) is 31.0 Å². The van der Waals surface area contributed by atoms with Gasteiger partial charge in [0.15, 0.2) is 0 Å². The van der Waals surface area contributed by atoms with Gasteiger partial charge in [0.05, 0.1) is 17.6 Å². The molecule has 0 bridgehead atoms. The molecule has 0 radical (unpaired) electrons. The van der Waals surface area contributed by atoms with Crippen molar-refractivity contribution in [3.8, 4) is 0 Å². The van der Waals surface area contributed by atoms with Gasteiger partial charge in [-0.25, -0.2) is 0 Å². The average Bonchev–Trinajstić information content (AvgIpc) is 2.93. The van der Waals surface area contributed by atoms with E-state index in [0.29, 0.717) is 6.54 Å². The summed E-state index contributed by atoms with van der Waals surface area (Å²) < 4.78 is 0. The minimum Gasteiger partial charge on any atom is -0.387 e. The first-order valence-electron chi connectivity index (χ1n) is 6.66. The monoisotopic (exact) mass is 245 g/mol. The third kappa shape index (κ3) is 1.43. The lowest BCUT2D eigenvalue weighted by Crippen LogP contribution is -2.44. The van der Waals surface area contributed by atoms with E-state index < -0.39 is 11.0 Å². The van der Waals surface area contributed by atoms with Crippen molar-refractivity contribution in [3.63, 3.8) is 0 Å². The molecule has 1 aliphatic carbocycles. The van der Waals surface area contributed by atoms with E-state index in [4.69, 9.17) is 0 Å². The number of carbonyl (C=O) groups is 1. The van der Waals surface area contributed by atoms with Crippen LogP contribution in [0.3, 0.4) is 0 Å². The molecule has 1 heterocycles. The molecule has 1 amide bonds. The quantitative estimate of drug-likeness (QED) is 0.825. The van der Waals surface area contributed by atoms with E-state index in [2.05, 4.69) is 0 Å². The summed E-state index contributed by atoms with van der Waals surface area (Å²) in [6, 6.07) is 9.66. The Morgan fingerprint density at radius 3 is 2.39 bits per heavy atom. The Kier molecular flexibility index (Phi) is 2.49. The number of hydrogen-bond acceptors (Lipinski definition) is 2. The molecule has 2 fully saturated rings. The highest BCUT2D eigenvalue weighted by atomic mass is 16.3. The second-order valence-corrected chi connectivity index (χ2v) is 5.79. The SMILES string of the molecule is CC1(O)CN(c2ccccc2)C(=O)C12CCCC2. The lowest BCUT2D eigenvalue weighted by atomic mass is 9.73. The predicted octanol–water partition coefficient (Wildman–Crippen LogP) is 2.34. The summed E-state index contributed by atoms with van der Waals surface area (Å²) in [5, 5.41) is 10.7. The van der Waals surface area contributed by atoms with Crippen LogP contribution in [0.15, 0.2) is 30.3 Å². The van der Waals surface area contributed by atoms with Gasteiger partial charge in [0.25, 0.3) is 0 Å². The van der Waals surface area contributed by atoms with E-state index in [9.17, 15) is 9.90 Å². The first-order chi connectivity index (χ1) is 8.57. The molecule has 3 nitrogen and oxygen atoms in total. The van der Waals surface area contributed by atoms with Gasteiger partial charge >= 0.3 is 0 Å². The third-order valence-corrected chi connectivity index (χ3v) is 4.68. The van der Waals surface area contributed by atoms with Crippen molar-refractivity contribution in [3.05, 3.63) is 30.3 Å². The van der Waals surface area contributed by atoms with Crippen LogP contribution in [-0.2, 0) is 4.79 Å². The highest BCUT2D eigenvalue weighted by molar-refractivity contribution is 6.01. The molecule has 1 aliphatic heterocycles. The second-order valence-electron chi connectivity index (χ2n) is 5.79. The second kappa shape index (κ2) is 3.82. The van der Waals surface area contributed by atoms with Crippen LogP contribution < -0.4 is 4.90 Å². The van der Waals surface area contributed by atoms with Crippen LogP contribution in [0.2, 0.25) is 0 Å². The molecule has 1 N–H and O–H groups in total. The van der Waals surface area contributed by atoms with Crippen molar-refractivity contribution in [2.75, 3.05) is 11.4 Å². The summed E-state index contributed by atoms with van der Waals surface area (Å²) in [6.45, 7) is 2.23. The molecular weight excluding hydrogens is 226 g/mol. The fraction of sp³-hybridized carbons (Fsp3) is 0.533. The number of benzene rings is 1. The molecule has 1 saturated carbocycles. The van der Waals surface area contributed by atoms with Crippen molar-refractivity contribution in [1.29, 1.82) is 0 Å². The van der Waals surface area contributed by atoms with Crippen molar-refractivity contribution in [1.82, 2.24) is 0 Å². The summed E-state index contributed by atoms with van der Waals surface area (Å²) in [4.78, 5) is 14.5. The number of amides is 1. The standard InChI is InChI=1S/C15H19NO2/c1-14(18)11-16(12-7-3-2-4-8-12)13(17)15(14)9-5-6-10-15/h2-4,7-8,18H,5-6,9-11H2,1H3. The number of aliphatic hydroxyl groups is 1. The Morgan fingerprint density at radius 1 is 1.17 bits per heavy atom. The largest absolute Gasteiger partial charge is 0.387 e. The molecule has 1 unspecified atom stereocenters. The van der Waals surface area contributed by atoms with Gasteiger partial charge in [0.1, 0.15) is 0 Å². The molecule has 2 aliphatic rings. The summed E-state index contributed by atoms with van der Waals surface area (Å²) in [6.07, 6.45) is 3.74. The summed E-state index contributed by atoms with van der Waals surface area (Å²) in [5.41, 5.74) is -0.550. The van der Waals surface area contributed by atoms with Gasteiger partial charge in [0, 0.05) is 5.69 Å². The molecule has 1 atom stereocenters. The zero-order chi connectivity index (χ0) is 12.8. The topological polar surface area (TPSA) is 40.5 Å². The lowest BCUT2D eigenvalue weighted by Gasteiger charge is -2.32. The number of carbonyl (C=O) groups excluding carboxylic acids is 1. The van der Waals surface area contributed by atoms with Gasteiger partial charge in [-0.05, 0) is 31.9 Å². The number of anilines is 1. The van der Waals surface area contributed by atoms with Crippen LogP contribution in [0.5, 0.6) is 0 Å². The molecule has 18 heavy (non-hydrogen) atoms. The molecule has 1 aromatic carbocycles. The molecule has 3 heteroatoms. The normalized spacial score (nSPS) is 30.3. The molecule has 1 saturated heterocycles. The van der Waals surface area contributed by atoms with Crippen LogP contribution in [-0.4, -0.2) is 23.2 Å². The fourth-order valence-corrected chi connectivity index (χ4v) is 3.57. The smallest absolute Gasteiger partial charge is 0.236 e. The highest BCUT2D eigenvalue weighted by Crippen LogP contribution is 2.52. The van der Waals surface area contributed by atoms with Crippen LogP contribution in [0.1, 0.15) is 32.6 Å². The number of β-amino-alcohol motifs (C(OH)–C–C–N with tert-alkyl or cyclic N) is 1. The molecular formula is C15H19NO2. The van der Waals surface area contributed by atoms with E-state index in [1.165, 1.54) is 0 Å². The fourth-order valence-electron chi connectivity index (χ4n) is 3.57. The van der Waals surface area contributed by atoms with Crippen molar-refractivity contribution >= 4 is 11.6 Å². The maximum atomic E-state index is 12.7. The summed E-state index contributed by atoms with van der Waals surface area (Å²) in [7, 11) is 0. The van der Waals surface area contributed by atoms with E-state index in [0.717, 1.165) is 31.4 Å². The number of rotatable bonds is 1. The van der Waals surface area contributed by atoms with Gasteiger partial charge in [-0.3, -0.25) is 4.79 Å². The van der Waals surface area contributed by atoms with Crippen LogP contribution in [0.25, 0.3) is 0 Å². The predicted molar refractivity (Wildman–Crippen MR) is 70.3 cm³/mol. The summed E-state index contributed by atoms with van der Waals surface area (Å²) >= 11 is 0. The first-order valence-corrected chi connectivity index (χ1v) is 6.66. The Bertz CT molecular complexity index is 461. The zero-order valence-corrected chi connectivity index (χ0v) is 10.7. The summed E-state index contributed by atoms with van der Waals surface area (Å²) in [5.74, 6) is 0.108. The molecule has 3 rings (SSSR count). The Balaban J connectivity index is 2.00. The lowest BCUT2D eigenvalue weighted by molar-refractivity contribution is -0.134. The minimum absolute atomic E-state index is 0.108. The maximum absolute atomic E-state index is 12.7. The van der Waals surface area contributed by atoms with Gasteiger partial charge in [-0.2, -0.15) is 0 Å². The minimum atomic E-state index is -0.906. The van der Waals surface area contributed by atoms with Gasteiger partial charge in [0.2, 0.25) is 5.91 Å². The van der Waals surface area contributed by atoms with E-state index >= 15 is 0 Å². The number of hydrogen-bond donors (Lipinski definition) is 1. The van der Waals surface area contributed by atoms with Gasteiger partial charge in [-0.15, -0.1) is 0 Å². The van der Waals surface area contributed by atoms with E-state index in [1.807, 2.05) is 37.3 Å². The average molecular weight is 245 g/mol. The van der Waals surface area contributed by atoms with E-state index in [-0.39, 0.29) is 5.91 Å². The maximum Gasteiger partial charge on any atom is 0.236 e. The van der Waals surface area contributed by atoms with Crippen molar-refractivity contribution in [2.24, 2.45) is 5.41 Å². The Morgan fingerprint density at radius 2 is 1.78 bits per heavy atom. The third-order valence-electron chi connectivity index (χ3n) is 4.68. The Labute approximate surface area is 107 Å². The first kappa shape index (κ1) is 11.7. The zero-order valence-electron chi connectivity index (χ0n) is 10.7. The Hall–Kier alpha value is -1.35. The molecule has 0 aromatic heterocycles. The number of para-hydroxylation sites is 1. The van der Waals surface area contributed by atoms with Crippen LogP contribution in [0.4, 0.5) is 5.69 Å². The van der Waals surface area contributed by atoms with Crippen molar-refractivity contribution in [2.45, 2.75) is 38.2 Å². The molecule has 1 aromatic rings. The van der Waals surface area contributed by atoms with Gasteiger partial charge < -0.3 is 10.0 Å².